The number of hydrogen-bond donors (Lipinski definition) is 1. The third-order valence-corrected chi connectivity index (χ3v) is 3.01. The van der Waals surface area contributed by atoms with E-state index in [-0.39, 0.29) is 12.0 Å². The topological polar surface area (TPSA) is 29.5 Å². The molecule has 1 unspecified atom stereocenters. The van der Waals surface area contributed by atoms with Crippen molar-refractivity contribution in [3.8, 4) is 0 Å². The van der Waals surface area contributed by atoms with Gasteiger partial charge in [0.25, 0.3) is 0 Å². The second-order valence-electron chi connectivity index (χ2n) is 3.92. The molecule has 0 saturated carbocycles. The van der Waals surface area contributed by atoms with E-state index in [4.69, 9.17) is 4.74 Å². The van der Waals surface area contributed by atoms with Gasteiger partial charge in [0, 0.05) is 5.92 Å². The van der Waals surface area contributed by atoms with Gasteiger partial charge in [-0.3, -0.25) is 0 Å². The van der Waals surface area contributed by atoms with Crippen LogP contribution in [0.3, 0.4) is 0 Å². The van der Waals surface area contributed by atoms with Gasteiger partial charge in [0.1, 0.15) is 13.5 Å². The highest BCUT2D eigenvalue weighted by Gasteiger charge is 2.50. The third-order valence-electron chi connectivity index (χ3n) is 3.01. The van der Waals surface area contributed by atoms with Gasteiger partial charge in [0.05, 0.1) is 18.2 Å². The molecule has 70 valence electrons. The van der Waals surface area contributed by atoms with E-state index in [0.29, 0.717) is 0 Å². The lowest BCUT2D eigenvalue weighted by Gasteiger charge is -2.23. The van der Waals surface area contributed by atoms with Crippen molar-refractivity contribution in [3.63, 3.8) is 0 Å². The number of rotatable bonds is 1. The van der Waals surface area contributed by atoms with E-state index in [1.54, 1.807) is 21.7 Å². The lowest BCUT2D eigenvalue weighted by molar-refractivity contribution is -0.0179. The van der Waals surface area contributed by atoms with Crippen molar-refractivity contribution in [1.29, 1.82) is 0 Å². The SMILES string of the molecule is B[C@@H]1O[C@H](C(C)O)[C@@H](C)[C@@]1(C)F. The van der Waals surface area contributed by atoms with E-state index in [1.165, 1.54) is 6.92 Å². The molecule has 0 aromatic heterocycles. The molecule has 1 aliphatic rings. The smallest absolute Gasteiger partial charge is 0.143 e. The minimum absolute atomic E-state index is 0.243. The Bertz CT molecular complexity index is 172. The molecule has 1 N–H and O–H groups in total. The molecule has 0 aliphatic carbocycles. The van der Waals surface area contributed by atoms with Gasteiger partial charge in [-0.15, -0.1) is 0 Å². The van der Waals surface area contributed by atoms with Crippen molar-refractivity contribution < 1.29 is 14.2 Å². The highest BCUT2D eigenvalue weighted by molar-refractivity contribution is 6.12. The van der Waals surface area contributed by atoms with Gasteiger partial charge >= 0.3 is 0 Å². The van der Waals surface area contributed by atoms with E-state index >= 15 is 0 Å². The standard InChI is InChI=1S/C8H16BFO2/c1-4-6(5(2)11)12-7(9)8(4,3)10/h4-7,11H,9H2,1-3H3/t4-,5?,6+,7-,8-/m1/s1. The van der Waals surface area contributed by atoms with Crippen molar-refractivity contribution >= 4 is 7.85 Å². The fraction of sp³-hybridized carbons (Fsp3) is 1.00. The fourth-order valence-electron chi connectivity index (χ4n) is 1.71. The maximum absolute atomic E-state index is 13.8. The Morgan fingerprint density at radius 2 is 2.17 bits per heavy atom. The largest absolute Gasteiger partial charge is 0.391 e. The molecule has 1 saturated heterocycles. The van der Waals surface area contributed by atoms with Crippen LogP contribution in [-0.2, 0) is 4.74 Å². The summed E-state index contributed by atoms with van der Waals surface area (Å²) in [4.78, 5) is 0. The molecule has 0 radical (unpaired) electrons. The quantitative estimate of drug-likeness (QED) is 0.571. The van der Waals surface area contributed by atoms with Gasteiger partial charge < -0.3 is 9.84 Å². The van der Waals surface area contributed by atoms with Crippen LogP contribution in [0.4, 0.5) is 4.39 Å². The number of halogens is 1. The Balaban J connectivity index is 2.76. The highest BCUT2D eigenvalue weighted by atomic mass is 19.1. The van der Waals surface area contributed by atoms with Crippen LogP contribution in [0.5, 0.6) is 0 Å². The van der Waals surface area contributed by atoms with Crippen LogP contribution in [0, 0.1) is 5.92 Å². The Labute approximate surface area is 73.5 Å². The van der Waals surface area contributed by atoms with Gasteiger partial charge in [-0.05, 0) is 13.8 Å². The van der Waals surface area contributed by atoms with Crippen molar-refractivity contribution in [1.82, 2.24) is 0 Å². The summed E-state index contributed by atoms with van der Waals surface area (Å²) in [5.74, 6) is -0.243. The van der Waals surface area contributed by atoms with Crippen molar-refractivity contribution in [2.75, 3.05) is 0 Å². The summed E-state index contributed by atoms with van der Waals surface area (Å²) in [5.41, 5.74) is -1.32. The lowest BCUT2D eigenvalue weighted by Crippen LogP contribution is -2.37. The Morgan fingerprint density at radius 1 is 1.67 bits per heavy atom. The van der Waals surface area contributed by atoms with E-state index in [0.717, 1.165) is 0 Å². The van der Waals surface area contributed by atoms with Gasteiger partial charge in [0.2, 0.25) is 0 Å². The maximum Gasteiger partial charge on any atom is 0.143 e. The monoisotopic (exact) mass is 174 g/mol. The molecular weight excluding hydrogens is 158 g/mol. The molecule has 0 bridgehead atoms. The Morgan fingerprint density at radius 3 is 2.33 bits per heavy atom. The number of hydrogen-bond acceptors (Lipinski definition) is 2. The van der Waals surface area contributed by atoms with Crippen LogP contribution in [0.15, 0.2) is 0 Å². The first-order chi connectivity index (χ1) is 5.37. The molecule has 1 aliphatic heterocycles. The summed E-state index contributed by atoms with van der Waals surface area (Å²) in [5, 5.41) is 9.28. The minimum atomic E-state index is -1.32. The van der Waals surface area contributed by atoms with Gasteiger partial charge in [0.15, 0.2) is 0 Å². The summed E-state index contributed by atoms with van der Waals surface area (Å²) in [6, 6.07) is -0.424. The predicted molar refractivity (Wildman–Crippen MR) is 47.6 cm³/mol. The summed E-state index contributed by atoms with van der Waals surface area (Å²) < 4.78 is 19.1. The minimum Gasteiger partial charge on any atom is -0.391 e. The van der Waals surface area contributed by atoms with E-state index in [1.807, 2.05) is 0 Å². The predicted octanol–water partition coefficient (Wildman–Crippen LogP) is 0.0895. The molecule has 5 atom stereocenters. The Kier molecular flexibility index (Phi) is 2.50. The molecule has 0 aromatic rings. The molecule has 0 aromatic carbocycles. The van der Waals surface area contributed by atoms with Crippen LogP contribution in [0.25, 0.3) is 0 Å². The number of aliphatic hydroxyl groups excluding tert-OH is 1. The average Bonchev–Trinajstić information content (AvgIpc) is 2.13. The average molecular weight is 174 g/mol. The molecule has 4 heteroatoms. The van der Waals surface area contributed by atoms with Crippen LogP contribution < -0.4 is 0 Å². The zero-order valence-electron chi connectivity index (χ0n) is 8.04. The summed E-state index contributed by atoms with van der Waals surface area (Å²) >= 11 is 0. The molecule has 0 spiro atoms. The first-order valence-corrected chi connectivity index (χ1v) is 4.39. The molecule has 1 rings (SSSR count). The molecule has 1 fully saturated rings. The second kappa shape index (κ2) is 3.00. The lowest BCUT2D eigenvalue weighted by atomic mass is 9.78. The molecule has 2 nitrogen and oxygen atoms in total. The zero-order valence-corrected chi connectivity index (χ0v) is 8.04. The normalized spacial score (nSPS) is 50.9. The summed E-state index contributed by atoms with van der Waals surface area (Å²) in [7, 11) is 1.71. The van der Waals surface area contributed by atoms with E-state index < -0.39 is 17.8 Å². The van der Waals surface area contributed by atoms with Crippen molar-refractivity contribution in [3.05, 3.63) is 0 Å². The number of aliphatic hydroxyl groups is 1. The Hall–Kier alpha value is -0.0851. The van der Waals surface area contributed by atoms with Crippen molar-refractivity contribution in [2.24, 2.45) is 5.92 Å². The summed E-state index contributed by atoms with van der Waals surface area (Å²) in [6.45, 7) is 4.95. The van der Waals surface area contributed by atoms with E-state index in [9.17, 15) is 9.50 Å². The van der Waals surface area contributed by atoms with Gasteiger partial charge in [-0.2, -0.15) is 0 Å². The first kappa shape index (κ1) is 10.00. The highest BCUT2D eigenvalue weighted by Crippen LogP contribution is 2.38. The second-order valence-corrected chi connectivity index (χ2v) is 3.92. The first-order valence-electron chi connectivity index (χ1n) is 4.39. The maximum atomic E-state index is 13.8. The zero-order chi connectivity index (χ0) is 9.52. The summed E-state index contributed by atoms with van der Waals surface area (Å²) in [6.07, 6.45) is -0.963. The molecule has 1 heterocycles. The van der Waals surface area contributed by atoms with Crippen LogP contribution in [0.1, 0.15) is 20.8 Å². The van der Waals surface area contributed by atoms with Gasteiger partial charge in [-0.25, -0.2) is 4.39 Å². The van der Waals surface area contributed by atoms with Crippen LogP contribution >= 0.6 is 0 Å². The number of ether oxygens (including phenoxy) is 1. The van der Waals surface area contributed by atoms with E-state index in [2.05, 4.69) is 0 Å². The van der Waals surface area contributed by atoms with Gasteiger partial charge in [-0.1, -0.05) is 6.92 Å². The van der Waals surface area contributed by atoms with Crippen LogP contribution in [-0.4, -0.2) is 36.8 Å². The molecular formula is C8H16BFO2. The number of alkyl halides is 1. The van der Waals surface area contributed by atoms with Crippen LogP contribution in [0.2, 0.25) is 0 Å². The van der Waals surface area contributed by atoms with Crippen molar-refractivity contribution in [2.45, 2.75) is 44.7 Å². The third kappa shape index (κ3) is 1.38. The fourth-order valence-corrected chi connectivity index (χ4v) is 1.71. The molecule has 0 amide bonds. The molecule has 12 heavy (non-hydrogen) atoms.